The number of Topliss-reactive ketones (excluding diaryl/α,β-unsaturated/α-hetero) is 1. The van der Waals surface area contributed by atoms with Crippen molar-refractivity contribution in [1.29, 1.82) is 0 Å². The number of halogens is 2. The summed E-state index contributed by atoms with van der Waals surface area (Å²) in [6.45, 7) is 0.0441. The van der Waals surface area contributed by atoms with Gasteiger partial charge in [-0.1, -0.05) is 23.2 Å². The van der Waals surface area contributed by atoms with E-state index in [-0.39, 0.29) is 30.9 Å². The molecule has 0 bridgehead atoms. The van der Waals surface area contributed by atoms with Gasteiger partial charge in [0.15, 0.2) is 12.4 Å². The fourth-order valence-electron chi connectivity index (χ4n) is 3.54. The molecule has 0 heterocycles. The van der Waals surface area contributed by atoms with E-state index in [9.17, 15) is 9.59 Å². The van der Waals surface area contributed by atoms with E-state index in [1.54, 1.807) is 48.5 Å². The molecule has 1 N–H and O–H groups in total. The van der Waals surface area contributed by atoms with E-state index < -0.39 is 0 Å². The van der Waals surface area contributed by atoms with Crippen LogP contribution in [0.5, 0.6) is 11.5 Å². The summed E-state index contributed by atoms with van der Waals surface area (Å²) < 4.78 is 11.0. The molecule has 1 aliphatic rings. The van der Waals surface area contributed by atoms with Gasteiger partial charge in [0.1, 0.15) is 18.1 Å². The lowest BCUT2D eigenvalue weighted by Gasteiger charge is -2.28. The molecule has 1 aliphatic carbocycles. The highest BCUT2D eigenvalue weighted by molar-refractivity contribution is 6.30. The summed E-state index contributed by atoms with van der Waals surface area (Å²) >= 11 is 11.7. The molecule has 0 aliphatic heterocycles. The minimum atomic E-state index is -0.138. The van der Waals surface area contributed by atoms with Crippen molar-refractivity contribution in [3.8, 4) is 11.5 Å². The topological polar surface area (TPSA) is 64.6 Å². The Morgan fingerprint density at radius 3 is 1.83 bits per heavy atom. The highest BCUT2D eigenvalue weighted by atomic mass is 35.5. The molecule has 1 fully saturated rings. The Labute approximate surface area is 186 Å². The van der Waals surface area contributed by atoms with Crippen molar-refractivity contribution in [2.45, 2.75) is 38.1 Å². The molecule has 0 saturated heterocycles. The lowest BCUT2D eigenvalue weighted by molar-refractivity contribution is -0.125. The Morgan fingerprint density at radius 2 is 1.30 bits per heavy atom. The summed E-state index contributed by atoms with van der Waals surface area (Å²) in [5.41, 5.74) is 0. The Balaban J connectivity index is 1.31. The van der Waals surface area contributed by atoms with Gasteiger partial charge >= 0.3 is 0 Å². The molecular formula is C23H25Cl2NO4. The molecule has 7 heteroatoms. The molecule has 30 heavy (non-hydrogen) atoms. The number of rotatable bonds is 9. The molecule has 0 atom stereocenters. The van der Waals surface area contributed by atoms with Crippen LogP contribution in [0.4, 0.5) is 0 Å². The monoisotopic (exact) mass is 449 g/mol. The smallest absolute Gasteiger partial charge is 0.258 e. The van der Waals surface area contributed by atoms with E-state index in [4.69, 9.17) is 32.7 Å². The summed E-state index contributed by atoms with van der Waals surface area (Å²) in [5.74, 6) is 1.54. The van der Waals surface area contributed by atoms with E-state index in [1.165, 1.54) is 0 Å². The third kappa shape index (κ3) is 7.54. The van der Waals surface area contributed by atoms with Crippen LogP contribution in [0.2, 0.25) is 10.0 Å². The fourth-order valence-corrected chi connectivity index (χ4v) is 3.79. The second-order valence-corrected chi connectivity index (χ2v) is 8.39. The van der Waals surface area contributed by atoms with Crippen molar-refractivity contribution >= 4 is 34.9 Å². The van der Waals surface area contributed by atoms with Crippen LogP contribution in [0.15, 0.2) is 48.5 Å². The van der Waals surface area contributed by atoms with Gasteiger partial charge < -0.3 is 14.8 Å². The van der Waals surface area contributed by atoms with Crippen LogP contribution in [0, 0.1) is 5.92 Å². The lowest BCUT2D eigenvalue weighted by atomic mass is 9.83. The summed E-state index contributed by atoms with van der Waals surface area (Å²) in [6, 6.07) is 14.0. The Bertz CT molecular complexity index is 760. The van der Waals surface area contributed by atoms with Gasteiger partial charge in [-0.05, 0) is 80.1 Å². The highest BCUT2D eigenvalue weighted by Crippen LogP contribution is 2.27. The van der Waals surface area contributed by atoms with Crippen molar-refractivity contribution in [2.24, 2.45) is 5.92 Å². The van der Waals surface area contributed by atoms with Crippen LogP contribution in [0.1, 0.15) is 32.1 Å². The molecule has 5 nitrogen and oxygen atoms in total. The summed E-state index contributed by atoms with van der Waals surface area (Å²) in [4.78, 5) is 24.3. The van der Waals surface area contributed by atoms with Crippen LogP contribution in [0.25, 0.3) is 0 Å². The van der Waals surface area contributed by atoms with Crippen LogP contribution >= 0.6 is 23.2 Å². The van der Waals surface area contributed by atoms with Gasteiger partial charge in [0.25, 0.3) is 5.91 Å². The van der Waals surface area contributed by atoms with Crippen LogP contribution < -0.4 is 14.8 Å². The lowest BCUT2D eigenvalue weighted by Crippen LogP contribution is -2.40. The van der Waals surface area contributed by atoms with Gasteiger partial charge in [-0.15, -0.1) is 0 Å². The predicted octanol–water partition coefficient (Wildman–Crippen LogP) is 5.09. The first-order valence-electron chi connectivity index (χ1n) is 10.1. The molecule has 2 aromatic carbocycles. The molecule has 0 radical (unpaired) electrons. The van der Waals surface area contributed by atoms with E-state index in [2.05, 4.69) is 5.32 Å². The van der Waals surface area contributed by atoms with Crippen molar-refractivity contribution in [3.05, 3.63) is 58.6 Å². The highest BCUT2D eigenvalue weighted by Gasteiger charge is 2.24. The molecule has 0 spiro atoms. The number of nitrogens with one attached hydrogen (secondary N) is 1. The van der Waals surface area contributed by atoms with Gasteiger partial charge in [-0.2, -0.15) is 0 Å². The van der Waals surface area contributed by atoms with Crippen molar-refractivity contribution < 1.29 is 19.1 Å². The molecule has 0 unspecified atom stereocenters. The van der Waals surface area contributed by atoms with E-state index in [0.29, 0.717) is 33.9 Å². The van der Waals surface area contributed by atoms with Crippen molar-refractivity contribution in [3.63, 3.8) is 0 Å². The Kier molecular flexibility index (Phi) is 8.40. The second kappa shape index (κ2) is 11.2. The third-order valence-corrected chi connectivity index (χ3v) is 5.63. The zero-order valence-corrected chi connectivity index (χ0v) is 18.1. The van der Waals surface area contributed by atoms with Gasteiger partial charge in [0.05, 0.1) is 0 Å². The molecule has 1 saturated carbocycles. The summed E-state index contributed by atoms with van der Waals surface area (Å²) in [6.07, 6.45) is 4.06. The quantitative estimate of drug-likeness (QED) is 0.579. The largest absolute Gasteiger partial charge is 0.486 e. The number of amides is 1. The first kappa shape index (κ1) is 22.4. The summed E-state index contributed by atoms with van der Waals surface area (Å²) in [7, 11) is 0. The maximum atomic E-state index is 12.2. The Morgan fingerprint density at radius 1 is 0.800 bits per heavy atom. The molecular weight excluding hydrogens is 425 g/mol. The van der Waals surface area contributed by atoms with E-state index in [0.717, 1.165) is 25.7 Å². The summed E-state index contributed by atoms with van der Waals surface area (Å²) in [5, 5.41) is 4.27. The van der Waals surface area contributed by atoms with Crippen LogP contribution in [-0.2, 0) is 9.59 Å². The molecule has 0 aromatic heterocycles. The normalized spacial score (nSPS) is 18.5. The molecule has 160 valence electrons. The van der Waals surface area contributed by atoms with Crippen LogP contribution in [-0.4, -0.2) is 30.9 Å². The SMILES string of the molecule is O=C(COc1ccc(Cl)cc1)CC1CCC(NC(=O)COc2ccc(Cl)cc2)CC1. The number of hydrogen-bond donors (Lipinski definition) is 1. The number of ether oxygens (including phenoxy) is 2. The molecule has 3 rings (SSSR count). The van der Waals surface area contributed by atoms with E-state index in [1.807, 2.05) is 0 Å². The fraction of sp³-hybridized carbons (Fsp3) is 0.391. The van der Waals surface area contributed by atoms with Crippen molar-refractivity contribution in [1.82, 2.24) is 5.32 Å². The van der Waals surface area contributed by atoms with Crippen molar-refractivity contribution in [2.75, 3.05) is 13.2 Å². The maximum Gasteiger partial charge on any atom is 0.258 e. The number of carbonyl (C=O) groups is 2. The number of carbonyl (C=O) groups excluding carboxylic acids is 2. The standard InChI is InChI=1S/C23H25Cl2NO4/c24-17-3-9-21(10-4-17)29-14-20(27)13-16-1-7-19(8-2-16)26-23(28)15-30-22-11-5-18(25)6-12-22/h3-6,9-12,16,19H,1-2,7-8,13-15H2,(H,26,28). The Hall–Kier alpha value is -2.24. The minimum Gasteiger partial charge on any atom is -0.486 e. The molecule has 1 amide bonds. The third-order valence-electron chi connectivity index (χ3n) is 5.13. The zero-order chi connectivity index (χ0) is 21.3. The van der Waals surface area contributed by atoms with E-state index >= 15 is 0 Å². The second-order valence-electron chi connectivity index (χ2n) is 7.51. The predicted molar refractivity (Wildman–Crippen MR) is 117 cm³/mol. The van der Waals surface area contributed by atoms with Gasteiger partial charge in [-0.3, -0.25) is 9.59 Å². The van der Waals surface area contributed by atoms with Gasteiger partial charge in [-0.25, -0.2) is 0 Å². The van der Waals surface area contributed by atoms with Gasteiger partial charge in [0, 0.05) is 22.5 Å². The van der Waals surface area contributed by atoms with Gasteiger partial charge in [0.2, 0.25) is 0 Å². The number of ketones is 1. The minimum absolute atomic E-state index is 0.0257. The molecule has 2 aromatic rings. The average Bonchev–Trinajstić information content (AvgIpc) is 2.74. The number of benzene rings is 2. The zero-order valence-electron chi connectivity index (χ0n) is 16.6. The first-order chi connectivity index (χ1) is 14.5. The number of hydrogen-bond acceptors (Lipinski definition) is 4. The maximum absolute atomic E-state index is 12.2. The average molecular weight is 450 g/mol. The first-order valence-corrected chi connectivity index (χ1v) is 10.8. The van der Waals surface area contributed by atoms with Crippen LogP contribution in [0.3, 0.4) is 0 Å².